The van der Waals surface area contributed by atoms with Crippen molar-refractivity contribution in [2.45, 2.75) is 25.7 Å². The van der Waals surface area contributed by atoms with Gasteiger partial charge < -0.3 is 5.32 Å². The smallest absolute Gasteiger partial charge is 0.256 e. The SMILES string of the molecule is N#Cc1cc2c(cc1C1=CCCCC1)-c1ccc(C#N)c3c(-c4ccccc4)ccc(c13)C(=O)N2. The molecule has 166 valence electrons. The number of carbonyl (C=O) groups excluding carboxylic acids is 1. The first-order valence-electron chi connectivity index (χ1n) is 11.8. The molecular weight excluding hydrogens is 430 g/mol. The highest BCUT2D eigenvalue weighted by atomic mass is 16.1. The van der Waals surface area contributed by atoms with Crippen LogP contribution >= 0.6 is 0 Å². The maximum atomic E-state index is 13.4. The average molecular weight is 452 g/mol. The van der Waals surface area contributed by atoms with E-state index in [2.05, 4.69) is 29.6 Å². The third kappa shape index (κ3) is 3.31. The number of nitrogens with one attached hydrogen (secondary N) is 1. The Morgan fingerprint density at radius 3 is 2.23 bits per heavy atom. The van der Waals surface area contributed by atoms with Gasteiger partial charge in [-0.05, 0) is 77.8 Å². The normalized spacial score (nSPS) is 14.2. The van der Waals surface area contributed by atoms with Crippen LogP contribution in [0.3, 0.4) is 0 Å². The van der Waals surface area contributed by atoms with Gasteiger partial charge in [0.25, 0.3) is 5.91 Å². The second-order valence-electron chi connectivity index (χ2n) is 9.03. The molecule has 4 nitrogen and oxygen atoms in total. The summed E-state index contributed by atoms with van der Waals surface area (Å²) in [5.41, 5.74) is 8.04. The number of nitrogens with zero attached hydrogens (tertiary/aromatic N) is 2. The Labute approximate surface area is 203 Å². The molecule has 1 amide bonds. The monoisotopic (exact) mass is 451 g/mol. The van der Waals surface area contributed by atoms with Gasteiger partial charge in [-0.3, -0.25) is 4.79 Å². The van der Waals surface area contributed by atoms with Crippen LogP contribution in [0, 0.1) is 22.7 Å². The fraction of sp³-hybridized carbons (Fsp3) is 0.129. The largest absolute Gasteiger partial charge is 0.321 e. The lowest BCUT2D eigenvalue weighted by molar-refractivity contribution is 0.102. The molecule has 0 saturated carbocycles. The third-order valence-electron chi connectivity index (χ3n) is 7.06. The van der Waals surface area contributed by atoms with Crippen LogP contribution in [-0.4, -0.2) is 5.91 Å². The van der Waals surface area contributed by atoms with Gasteiger partial charge in [-0.2, -0.15) is 10.5 Å². The minimum Gasteiger partial charge on any atom is -0.321 e. The van der Waals surface area contributed by atoms with Crippen molar-refractivity contribution in [1.29, 1.82) is 10.5 Å². The fourth-order valence-corrected chi connectivity index (χ4v) is 5.42. The van der Waals surface area contributed by atoms with Crippen LogP contribution in [0.4, 0.5) is 5.69 Å². The van der Waals surface area contributed by atoms with Crippen molar-refractivity contribution in [3.8, 4) is 34.4 Å². The van der Waals surface area contributed by atoms with Crippen molar-refractivity contribution >= 4 is 27.9 Å². The van der Waals surface area contributed by atoms with Gasteiger partial charge >= 0.3 is 0 Å². The topological polar surface area (TPSA) is 76.7 Å². The number of anilines is 1. The van der Waals surface area contributed by atoms with Crippen LogP contribution in [0.1, 0.15) is 52.7 Å². The lowest BCUT2D eigenvalue weighted by atomic mass is 9.85. The van der Waals surface area contributed by atoms with E-state index in [-0.39, 0.29) is 5.91 Å². The minimum absolute atomic E-state index is 0.238. The van der Waals surface area contributed by atoms with Crippen LogP contribution in [0.2, 0.25) is 0 Å². The maximum Gasteiger partial charge on any atom is 0.256 e. The van der Waals surface area contributed by atoms with E-state index in [0.717, 1.165) is 64.3 Å². The molecule has 1 heterocycles. The fourth-order valence-electron chi connectivity index (χ4n) is 5.42. The van der Waals surface area contributed by atoms with Gasteiger partial charge in [0.05, 0.1) is 29.0 Å². The third-order valence-corrected chi connectivity index (χ3v) is 7.06. The predicted molar refractivity (Wildman–Crippen MR) is 139 cm³/mol. The van der Waals surface area contributed by atoms with Crippen LogP contribution in [0.25, 0.3) is 38.6 Å². The number of rotatable bonds is 2. The number of hydrogen-bond acceptors (Lipinski definition) is 3. The number of nitriles is 2. The first kappa shape index (κ1) is 20.9. The van der Waals surface area contributed by atoms with Gasteiger partial charge in [0.2, 0.25) is 0 Å². The first-order chi connectivity index (χ1) is 17.2. The molecule has 0 spiro atoms. The van der Waals surface area contributed by atoms with Crippen molar-refractivity contribution in [1.82, 2.24) is 0 Å². The molecule has 4 heteroatoms. The molecule has 0 atom stereocenters. The summed E-state index contributed by atoms with van der Waals surface area (Å²) in [6.07, 6.45) is 6.46. The number of fused-ring (bicyclic) bond motifs is 2. The van der Waals surface area contributed by atoms with E-state index < -0.39 is 0 Å². The summed E-state index contributed by atoms with van der Waals surface area (Å²) < 4.78 is 0. The summed E-state index contributed by atoms with van der Waals surface area (Å²) in [5, 5.41) is 24.5. The number of hydrogen-bond donors (Lipinski definition) is 1. The van der Waals surface area contributed by atoms with E-state index >= 15 is 0 Å². The zero-order chi connectivity index (χ0) is 23.9. The molecule has 4 aromatic carbocycles. The standard InChI is InChI=1S/C31H21N3O/c32-17-21-11-12-24-27-16-26(20-9-5-2-6-10-20)22(18-33)15-28(27)34-31(35)25-14-13-23(29(21)30(24)25)19-7-3-1-4-8-19/h1,3-4,7-9,11-16H,2,5-6,10H2,(H,34,35). The molecule has 0 bridgehead atoms. The Bertz CT molecular complexity index is 1650. The van der Waals surface area contributed by atoms with Gasteiger partial charge in [-0.1, -0.05) is 48.5 Å². The number of amides is 1. The molecule has 1 N–H and O–H groups in total. The molecular formula is C31H21N3O. The Morgan fingerprint density at radius 1 is 0.714 bits per heavy atom. The van der Waals surface area contributed by atoms with Crippen molar-refractivity contribution < 1.29 is 4.79 Å². The van der Waals surface area contributed by atoms with Crippen molar-refractivity contribution in [2.75, 3.05) is 5.32 Å². The lowest BCUT2D eigenvalue weighted by Crippen LogP contribution is -2.11. The first-order valence-corrected chi connectivity index (χ1v) is 11.8. The Morgan fingerprint density at radius 2 is 1.49 bits per heavy atom. The highest BCUT2D eigenvalue weighted by Gasteiger charge is 2.26. The van der Waals surface area contributed by atoms with Gasteiger partial charge in [-0.15, -0.1) is 0 Å². The van der Waals surface area contributed by atoms with E-state index in [0.29, 0.717) is 22.4 Å². The van der Waals surface area contributed by atoms with E-state index in [1.807, 2.05) is 54.6 Å². The summed E-state index contributed by atoms with van der Waals surface area (Å²) in [5.74, 6) is -0.238. The molecule has 6 rings (SSSR count). The van der Waals surface area contributed by atoms with E-state index in [4.69, 9.17) is 0 Å². The van der Waals surface area contributed by atoms with Crippen molar-refractivity contribution in [3.05, 3.63) is 95.1 Å². The number of carbonyl (C=O) groups is 1. The van der Waals surface area contributed by atoms with E-state index in [1.165, 1.54) is 5.57 Å². The number of allylic oxidation sites excluding steroid dienone is 2. The molecule has 35 heavy (non-hydrogen) atoms. The molecule has 1 aliphatic carbocycles. The summed E-state index contributed by atoms with van der Waals surface area (Å²) in [6, 6.07) is 26.0. The molecule has 0 aromatic heterocycles. The van der Waals surface area contributed by atoms with Crippen LogP contribution < -0.4 is 5.32 Å². The Hall–Kier alpha value is -4.67. The molecule has 2 aliphatic rings. The maximum absolute atomic E-state index is 13.4. The van der Waals surface area contributed by atoms with E-state index in [9.17, 15) is 15.3 Å². The molecule has 0 radical (unpaired) electrons. The van der Waals surface area contributed by atoms with Crippen LogP contribution in [-0.2, 0) is 0 Å². The zero-order valence-electron chi connectivity index (χ0n) is 19.1. The molecule has 0 fully saturated rings. The van der Waals surface area contributed by atoms with Crippen molar-refractivity contribution in [2.24, 2.45) is 0 Å². The predicted octanol–water partition coefficient (Wildman–Crippen LogP) is 7.44. The summed E-state index contributed by atoms with van der Waals surface area (Å²) in [7, 11) is 0. The highest BCUT2D eigenvalue weighted by Crippen LogP contribution is 2.45. The summed E-state index contributed by atoms with van der Waals surface area (Å²) >= 11 is 0. The zero-order valence-corrected chi connectivity index (χ0v) is 19.1. The average Bonchev–Trinajstić information content (AvgIpc) is 3.03. The quantitative estimate of drug-likeness (QED) is 0.344. The van der Waals surface area contributed by atoms with Gasteiger partial charge in [0, 0.05) is 21.9 Å². The van der Waals surface area contributed by atoms with Gasteiger partial charge in [0.1, 0.15) is 0 Å². The molecule has 0 unspecified atom stereocenters. The van der Waals surface area contributed by atoms with Crippen LogP contribution in [0.15, 0.2) is 72.8 Å². The summed E-state index contributed by atoms with van der Waals surface area (Å²) in [6.45, 7) is 0. The second kappa shape index (κ2) is 8.28. The van der Waals surface area contributed by atoms with Gasteiger partial charge in [-0.25, -0.2) is 0 Å². The van der Waals surface area contributed by atoms with Gasteiger partial charge in [0.15, 0.2) is 0 Å². The molecule has 0 saturated heterocycles. The lowest BCUT2D eigenvalue weighted by Gasteiger charge is -2.18. The molecule has 4 aromatic rings. The molecule has 1 aliphatic heterocycles. The Balaban J connectivity index is 1.71. The number of benzene rings is 4. The highest BCUT2D eigenvalue weighted by molar-refractivity contribution is 6.23. The summed E-state index contributed by atoms with van der Waals surface area (Å²) in [4.78, 5) is 13.4. The Kier molecular flexibility index (Phi) is 4.94. The minimum atomic E-state index is -0.238. The van der Waals surface area contributed by atoms with Crippen LogP contribution in [0.5, 0.6) is 0 Å². The van der Waals surface area contributed by atoms with E-state index in [1.54, 1.807) is 6.07 Å². The second-order valence-corrected chi connectivity index (χ2v) is 9.03. The van der Waals surface area contributed by atoms with Crippen molar-refractivity contribution in [3.63, 3.8) is 0 Å².